The lowest BCUT2D eigenvalue weighted by molar-refractivity contribution is -0.168. The smallest absolute Gasteiger partial charge is 0.336 e. The van der Waals surface area contributed by atoms with E-state index in [9.17, 15) is 18.3 Å². The number of hydrogen-bond donors (Lipinski definition) is 2. The first-order valence-corrected chi connectivity index (χ1v) is 11.7. The highest BCUT2D eigenvalue weighted by Gasteiger charge is 2.44. The number of hydrogen-bond acceptors (Lipinski definition) is 5. The third-order valence-electron chi connectivity index (χ3n) is 5.71. The number of carboxylic acid groups (broad SMARTS) is 1. The first-order valence-electron chi connectivity index (χ1n) is 9.79. The molecule has 0 bridgehead atoms. The fourth-order valence-electron chi connectivity index (χ4n) is 4.08. The van der Waals surface area contributed by atoms with Gasteiger partial charge in [0.05, 0.1) is 22.7 Å². The van der Waals surface area contributed by atoms with E-state index in [2.05, 4.69) is 9.62 Å². The van der Waals surface area contributed by atoms with E-state index in [1.54, 1.807) is 24.3 Å². The maximum atomic E-state index is 12.4. The van der Waals surface area contributed by atoms with Crippen LogP contribution in [0.2, 0.25) is 5.02 Å². The van der Waals surface area contributed by atoms with Gasteiger partial charge in [0, 0.05) is 30.7 Å². The van der Waals surface area contributed by atoms with E-state index < -0.39 is 16.0 Å². The van der Waals surface area contributed by atoms with Crippen LogP contribution in [0.25, 0.3) is 0 Å². The Labute approximate surface area is 180 Å². The molecule has 2 saturated heterocycles. The van der Waals surface area contributed by atoms with E-state index in [4.69, 9.17) is 16.3 Å². The van der Waals surface area contributed by atoms with Crippen molar-refractivity contribution >= 4 is 27.6 Å². The molecule has 4 rings (SSSR count). The minimum absolute atomic E-state index is 0.0424. The van der Waals surface area contributed by atoms with Gasteiger partial charge in [-0.2, -0.15) is 0 Å². The van der Waals surface area contributed by atoms with Crippen LogP contribution in [0.1, 0.15) is 28.8 Å². The summed E-state index contributed by atoms with van der Waals surface area (Å²) in [5.74, 6) is -0.921. The number of ether oxygens (including phenoxy) is 1. The standard InChI is InChI=1S/C21H23ClN2O5S/c22-15-5-8-17(9-6-15)30(27,28)23-11-16-7-10-19-20(29-16)13-24(19)12-14-3-1-2-4-18(14)21(25)26/h1-6,8-9,16,19-20,23H,7,10-13H2,(H,25,26)/t16-,19+,20+/m0/s1. The van der Waals surface area contributed by atoms with Crippen molar-refractivity contribution < 1.29 is 23.1 Å². The van der Waals surface area contributed by atoms with Crippen molar-refractivity contribution in [3.8, 4) is 0 Å². The van der Waals surface area contributed by atoms with Crippen molar-refractivity contribution in [1.82, 2.24) is 9.62 Å². The minimum atomic E-state index is -3.61. The normalized spacial score (nSPS) is 24.1. The zero-order valence-electron chi connectivity index (χ0n) is 16.2. The molecule has 0 aliphatic carbocycles. The highest BCUT2D eigenvalue weighted by Crippen LogP contribution is 2.33. The van der Waals surface area contributed by atoms with Crippen LogP contribution in [0.15, 0.2) is 53.4 Å². The number of carboxylic acids is 1. The van der Waals surface area contributed by atoms with Gasteiger partial charge >= 0.3 is 5.97 Å². The van der Waals surface area contributed by atoms with E-state index in [0.717, 1.165) is 18.4 Å². The van der Waals surface area contributed by atoms with Gasteiger partial charge in [-0.3, -0.25) is 4.90 Å². The zero-order chi connectivity index (χ0) is 21.3. The first-order chi connectivity index (χ1) is 14.3. The molecule has 2 heterocycles. The predicted molar refractivity (Wildman–Crippen MR) is 112 cm³/mol. The number of rotatable bonds is 7. The van der Waals surface area contributed by atoms with Crippen molar-refractivity contribution in [3.05, 3.63) is 64.7 Å². The Morgan fingerprint density at radius 1 is 1.17 bits per heavy atom. The molecule has 2 fully saturated rings. The lowest BCUT2D eigenvalue weighted by atomic mass is 9.89. The van der Waals surface area contributed by atoms with Crippen LogP contribution in [0.4, 0.5) is 0 Å². The monoisotopic (exact) mass is 450 g/mol. The molecule has 2 N–H and O–H groups in total. The van der Waals surface area contributed by atoms with Crippen LogP contribution in [0, 0.1) is 0 Å². The summed E-state index contributed by atoms with van der Waals surface area (Å²) < 4.78 is 33.5. The second kappa shape index (κ2) is 8.64. The maximum absolute atomic E-state index is 12.4. The van der Waals surface area contributed by atoms with E-state index in [-0.39, 0.29) is 29.7 Å². The number of carbonyl (C=O) groups is 1. The molecular formula is C21H23ClN2O5S. The SMILES string of the molecule is O=C(O)c1ccccc1CN1C[C@H]2O[C@H](CNS(=O)(=O)c3ccc(Cl)cc3)CC[C@H]21. The number of benzene rings is 2. The maximum Gasteiger partial charge on any atom is 0.336 e. The minimum Gasteiger partial charge on any atom is -0.478 e. The number of likely N-dealkylation sites (tertiary alicyclic amines) is 1. The second-order valence-corrected chi connectivity index (χ2v) is 9.84. The summed E-state index contributed by atoms with van der Waals surface area (Å²) in [7, 11) is -3.61. The van der Waals surface area contributed by atoms with Gasteiger partial charge in [0.25, 0.3) is 0 Å². The molecule has 2 aromatic rings. The van der Waals surface area contributed by atoms with Crippen LogP contribution < -0.4 is 4.72 Å². The Hall–Kier alpha value is -1.97. The lowest BCUT2D eigenvalue weighted by Crippen LogP contribution is -2.64. The van der Waals surface area contributed by atoms with Gasteiger partial charge < -0.3 is 9.84 Å². The van der Waals surface area contributed by atoms with Crippen molar-refractivity contribution in [1.29, 1.82) is 0 Å². The number of sulfonamides is 1. The average Bonchev–Trinajstić information content (AvgIpc) is 2.71. The molecule has 0 saturated carbocycles. The molecule has 0 amide bonds. The largest absolute Gasteiger partial charge is 0.478 e. The van der Waals surface area contributed by atoms with Crippen LogP contribution >= 0.6 is 11.6 Å². The Morgan fingerprint density at radius 3 is 2.60 bits per heavy atom. The summed E-state index contributed by atoms with van der Waals surface area (Å²) in [5, 5.41) is 9.83. The molecule has 9 heteroatoms. The molecule has 30 heavy (non-hydrogen) atoms. The van der Waals surface area contributed by atoms with E-state index >= 15 is 0 Å². The van der Waals surface area contributed by atoms with Gasteiger partial charge in [-0.05, 0) is 48.7 Å². The van der Waals surface area contributed by atoms with E-state index in [1.807, 2.05) is 12.1 Å². The summed E-state index contributed by atoms with van der Waals surface area (Å²) in [6.45, 7) is 1.50. The highest BCUT2D eigenvalue weighted by molar-refractivity contribution is 7.89. The van der Waals surface area contributed by atoms with Crippen LogP contribution in [0.5, 0.6) is 0 Å². The van der Waals surface area contributed by atoms with Gasteiger partial charge in [0.1, 0.15) is 0 Å². The molecule has 3 atom stereocenters. The number of fused-ring (bicyclic) bond motifs is 1. The number of nitrogens with zero attached hydrogens (tertiary/aromatic N) is 1. The fourth-order valence-corrected chi connectivity index (χ4v) is 5.27. The molecule has 0 spiro atoms. The Balaban J connectivity index is 1.29. The molecule has 0 radical (unpaired) electrons. The van der Waals surface area contributed by atoms with Gasteiger partial charge in [-0.25, -0.2) is 17.9 Å². The van der Waals surface area contributed by atoms with Gasteiger partial charge in [0.15, 0.2) is 0 Å². The Kier molecular flexibility index (Phi) is 6.13. The highest BCUT2D eigenvalue weighted by atomic mass is 35.5. The van der Waals surface area contributed by atoms with Crippen molar-refractivity contribution in [2.24, 2.45) is 0 Å². The summed E-state index contributed by atoms with van der Waals surface area (Å²) in [6.07, 6.45) is 1.48. The molecule has 2 aliphatic rings. The lowest BCUT2D eigenvalue weighted by Gasteiger charge is -2.52. The third-order valence-corrected chi connectivity index (χ3v) is 7.40. The molecule has 0 aromatic heterocycles. The first kappa shape index (κ1) is 21.3. The molecule has 2 aromatic carbocycles. The summed E-state index contributed by atoms with van der Waals surface area (Å²) >= 11 is 5.82. The van der Waals surface area contributed by atoms with E-state index in [1.165, 1.54) is 12.1 Å². The van der Waals surface area contributed by atoms with Crippen molar-refractivity contribution in [3.63, 3.8) is 0 Å². The van der Waals surface area contributed by atoms with Gasteiger partial charge in [-0.15, -0.1) is 0 Å². The molecule has 0 unspecified atom stereocenters. The van der Waals surface area contributed by atoms with Crippen molar-refractivity contribution in [2.45, 2.75) is 42.5 Å². The van der Waals surface area contributed by atoms with Crippen LogP contribution in [-0.4, -0.2) is 55.7 Å². The summed E-state index contributed by atoms with van der Waals surface area (Å²) in [5.41, 5.74) is 1.12. The molecule has 7 nitrogen and oxygen atoms in total. The summed E-state index contributed by atoms with van der Waals surface area (Å²) in [4.78, 5) is 13.8. The molecule has 160 valence electrons. The fraction of sp³-hybridized carbons (Fsp3) is 0.381. The molecular weight excluding hydrogens is 428 g/mol. The topological polar surface area (TPSA) is 95.9 Å². The van der Waals surface area contributed by atoms with Gasteiger partial charge in [0.2, 0.25) is 10.0 Å². The van der Waals surface area contributed by atoms with E-state index in [0.29, 0.717) is 23.7 Å². The zero-order valence-corrected chi connectivity index (χ0v) is 17.8. The molecule has 2 aliphatic heterocycles. The predicted octanol–water partition coefficient (Wildman–Crippen LogP) is 2.75. The van der Waals surface area contributed by atoms with Gasteiger partial charge in [-0.1, -0.05) is 29.8 Å². The Morgan fingerprint density at radius 2 is 1.90 bits per heavy atom. The second-order valence-electron chi connectivity index (χ2n) is 7.64. The number of nitrogens with one attached hydrogen (secondary N) is 1. The van der Waals surface area contributed by atoms with Crippen LogP contribution in [-0.2, 0) is 21.3 Å². The summed E-state index contributed by atoms with van der Waals surface area (Å²) in [6, 6.07) is 13.3. The number of aromatic carboxylic acids is 1. The quantitative estimate of drug-likeness (QED) is 0.673. The Bertz CT molecular complexity index is 1030. The third kappa shape index (κ3) is 4.53. The van der Waals surface area contributed by atoms with Crippen molar-refractivity contribution in [2.75, 3.05) is 13.1 Å². The number of halogens is 1. The average molecular weight is 451 g/mol. The van der Waals surface area contributed by atoms with Crippen LogP contribution in [0.3, 0.4) is 0 Å².